The first-order valence-corrected chi connectivity index (χ1v) is 3.39. The monoisotopic (exact) mass is 96.1 g/mol. The normalized spacial score (nSPS) is 31.9. The number of hydrogen-bond donors (Lipinski definition) is 0. The van der Waals surface area contributed by atoms with Crippen LogP contribution in [0.2, 0.25) is 12.1 Å². The molecular formula is C6H13B. The van der Waals surface area contributed by atoms with Gasteiger partial charge in [0.25, 0.3) is 0 Å². The van der Waals surface area contributed by atoms with Crippen LogP contribution in [0.5, 0.6) is 0 Å². The van der Waals surface area contributed by atoms with Gasteiger partial charge in [0.15, 0.2) is 0 Å². The van der Waals surface area contributed by atoms with Crippen LogP contribution in [-0.4, -0.2) is 7.28 Å². The largest absolute Gasteiger partial charge is 0.123 e. The predicted octanol–water partition coefficient (Wildman–Crippen LogP) is 1.83. The van der Waals surface area contributed by atoms with E-state index in [1.54, 1.807) is 0 Å². The first-order valence-electron chi connectivity index (χ1n) is 3.39. The smallest absolute Gasteiger partial charge is 0.0772 e. The van der Waals surface area contributed by atoms with Crippen molar-refractivity contribution < 1.29 is 0 Å². The summed E-state index contributed by atoms with van der Waals surface area (Å²) in [6, 6.07) is 0. The Labute approximate surface area is 46.5 Å². The van der Waals surface area contributed by atoms with Crippen LogP contribution in [0.25, 0.3) is 0 Å². The third kappa shape index (κ3) is 1.54. The van der Waals surface area contributed by atoms with E-state index >= 15 is 0 Å². The predicted molar refractivity (Wildman–Crippen MR) is 35.2 cm³/mol. The standard InChI is InChI=1S/C6H13B/c1-6-4-2-3-5-7-6/h6-7H,2-5H2,1H3. The molecule has 1 saturated heterocycles. The van der Waals surface area contributed by atoms with Gasteiger partial charge in [-0.1, -0.05) is 38.3 Å². The van der Waals surface area contributed by atoms with Gasteiger partial charge in [0.05, 0.1) is 0 Å². The fraction of sp³-hybridized carbons (Fsp3) is 1.00. The Balaban J connectivity index is 2.12. The van der Waals surface area contributed by atoms with E-state index in [1.807, 2.05) is 0 Å². The zero-order chi connectivity index (χ0) is 5.11. The van der Waals surface area contributed by atoms with Crippen molar-refractivity contribution in [2.45, 2.75) is 38.3 Å². The van der Waals surface area contributed by atoms with Crippen LogP contribution in [-0.2, 0) is 0 Å². The number of hydrogen-bond acceptors (Lipinski definition) is 0. The Hall–Kier alpha value is 0.0649. The lowest BCUT2D eigenvalue weighted by molar-refractivity contribution is 0.658. The van der Waals surface area contributed by atoms with Gasteiger partial charge in [-0.2, -0.15) is 0 Å². The Morgan fingerprint density at radius 1 is 1.43 bits per heavy atom. The molecule has 0 saturated carbocycles. The van der Waals surface area contributed by atoms with E-state index in [1.165, 1.54) is 32.9 Å². The zero-order valence-electron chi connectivity index (χ0n) is 5.11. The van der Waals surface area contributed by atoms with Gasteiger partial charge in [-0.15, -0.1) is 0 Å². The molecule has 7 heavy (non-hydrogen) atoms. The van der Waals surface area contributed by atoms with Gasteiger partial charge in [-0.05, 0) is 0 Å². The summed E-state index contributed by atoms with van der Waals surface area (Å²) in [7, 11) is 1.49. The van der Waals surface area contributed by atoms with Crippen molar-refractivity contribution in [2.75, 3.05) is 0 Å². The highest BCUT2D eigenvalue weighted by atomic mass is 14.0. The summed E-state index contributed by atoms with van der Waals surface area (Å²) >= 11 is 0. The zero-order valence-corrected chi connectivity index (χ0v) is 5.11. The third-order valence-corrected chi connectivity index (χ3v) is 1.89. The molecule has 1 unspecified atom stereocenters. The first-order chi connectivity index (χ1) is 3.39. The molecule has 0 aromatic heterocycles. The summed E-state index contributed by atoms with van der Waals surface area (Å²) in [5.41, 5.74) is 0. The van der Waals surface area contributed by atoms with Crippen LogP contribution in [0, 0.1) is 0 Å². The fourth-order valence-electron chi connectivity index (χ4n) is 1.31. The topological polar surface area (TPSA) is 0 Å². The molecule has 40 valence electrons. The molecule has 0 amide bonds. The van der Waals surface area contributed by atoms with Crippen LogP contribution in [0.1, 0.15) is 26.2 Å². The van der Waals surface area contributed by atoms with Crippen LogP contribution < -0.4 is 0 Å². The lowest BCUT2D eigenvalue weighted by Crippen LogP contribution is -2.04. The van der Waals surface area contributed by atoms with E-state index < -0.39 is 0 Å². The van der Waals surface area contributed by atoms with E-state index in [4.69, 9.17) is 0 Å². The highest BCUT2D eigenvalue weighted by Gasteiger charge is 2.07. The van der Waals surface area contributed by atoms with Crippen molar-refractivity contribution in [1.29, 1.82) is 0 Å². The Morgan fingerprint density at radius 2 is 2.29 bits per heavy atom. The van der Waals surface area contributed by atoms with Crippen LogP contribution in [0.3, 0.4) is 0 Å². The van der Waals surface area contributed by atoms with Crippen molar-refractivity contribution >= 4 is 7.28 Å². The van der Waals surface area contributed by atoms with E-state index in [0.717, 1.165) is 5.82 Å². The maximum absolute atomic E-state index is 2.36. The van der Waals surface area contributed by atoms with Gasteiger partial charge < -0.3 is 0 Å². The average Bonchev–Trinajstić information content (AvgIpc) is 1.69. The van der Waals surface area contributed by atoms with Crippen molar-refractivity contribution in [3.8, 4) is 0 Å². The molecule has 0 aromatic rings. The molecule has 0 radical (unpaired) electrons. The molecule has 1 heterocycles. The fourth-order valence-corrected chi connectivity index (χ4v) is 1.31. The lowest BCUT2D eigenvalue weighted by atomic mass is 9.57. The summed E-state index contributed by atoms with van der Waals surface area (Å²) in [4.78, 5) is 0. The van der Waals surface area contributed by atoms with Crippen LogP contribution in [0.4, 0.5) is 0 Å². The second-order valence-electron chi connectivity index (χ2n) is 2.74. The van der Waals surface area contributed by atoms with E-state index in [0.29, 0.717) is 0 Å². The van der Waals surface area contributed by atoms with Gasteiger partial charge in [0.1, 0.15) is 7.28 Å². The molecule has 0 aromatic carbocycles. The Bertz CT molecular complexity index is 46.1. The molecular weight excluding hydrogens is 82.9 g/mol. The van der Waals surface area contributed by atoms with E-state index in [2.05, 4.69) is 6.92 Å². The molecule has 1 atom stereocenters. The first kappa shape index (κ1) is 5.21. The maximum atomic E-state index is 2.36. The van der Waals surface area contributed by atoms with Crippen molar-refractivity contribution in [2.24, 2.45) is 0 Å². The van der Waals surface area contributed by atoms with Gasteiger partial charge in [0.2, 0.25) is 0 Å². The third-order valence-electron chi connectivity index (χ3n) is 1.89. The average molecular weight is 96.0 g/mol. The van der Waals surface area contributed by atoms with Crippen LogP contribution in [0.15, 0.2) is 0 Å². The summed E-state index contributed by atoms with van der Waals surface area (Å²) in [5.74, 6) is 1.04. The summed E-state index contributed by atoms with van der Waals surface area (Å²) < 4.78 is 0. The molecule has 0 N–H and O–H groups in total. The Kier molecular flexibility index (Phi) is 1.78. The summed E-state index contributed by atoms with van der Waals surface area (Å²) in [6.07, 6.45) is 5.95. The highest BCUT2D eigenvalue weighted by molar-refractivity contribution is 6.37. The van der Waals surface area contributed by atoms with Crippen LogP contribution >= 0.6 is 0 Å². The van der Waals surface area contributed by atoms with Gasteiger partial charge in [0, 0.05) is 0 Å². The molecule has 1 aliphatic rings. The minimum absolute atomic E-state index is 1.04. The highest BCUT2D eigenvalue weighted by Crippen LogP contribution is 2.20. The molecule has 0 nitrogen and oxygen atoms in total. The second kappa shape index (κ2) is 2.39. The lowest BCUT2D eigenvalue weighted by Gasteiger charge is -2.14. The number of rotatable bonds is 0. The van der Waals surface area contributed by atoms with Gasteiger partial charge in [-0.25, -0.2) is 0 Å². The minimum atomic E-state index is 1.04. The van der Waals surface area contributed by atoms with E-state index in [9.17, 15) is 0 Å². The minimum Gasteiger partial charge on any atom is -0.0772 e. The molecule has 1 rings (SSSR count). The Morgan fingerprint density at radius 3 is 2.57 bits per heavy atom. The maximum Gasteiger partial charge on any atom is 0.123 e. The molecule has 0 aliphatic carbocycles. The quantitative estimate of drug-likeness (QED) is 0.403. The molecule has 0 spiro atoms. The van der Waals surface area contributed by atoms with Crippen molar-refractivity contribution in [3.63, 3.8) is 0 Å². The van der Waals surface area contributed by atoms with Gasteiger partial charge >= 0.3 is 0 Å². The second-order valence-corrected chi connectivity index (χ2v) is 2.74. The molecule has 1 fully saturated rings. The van der Waals surface area contributed by atoms with E-state index in [-0.39, 0.29) is 0 Å². The van der Waals surface area contributed by atoms with Gasteiger partial charge in [-0.3, -0.25) is 0 Å². The molecule has 1 aliphatic heterocycles. The molecule has 0 bridgehead atoms. The summed E-state index contributed by atoms with van der Waals surface area (Å²) in [6.45, 7) is 2.36. The van der Waals surface area contributed by atoms with Crippen molar-refractivity contribution in [3.05, 3.63) is 0 Å². The summed E-state index contributed by atoms with van der Waals surface area (Å²) in [5, 5.41) is 0. The molecule has 1 heteroatoms. The van der Waals surface area contributed by atoms with Crippen molar-refractivity contribution in [1.82, 2.24) is 0 Å². The SMILES string of the molecule is CC1BCCCC1.